The Bertz CT molecular complexity index is 666. The maximum atomic E-state index is 13.0. The summed E-state index contributed by atoms with van der Waals surface area (Å²) in [5, 5.41) is 0.400. The molecule has 0 aromatic heterocycles. The average molecular weight is 289 g/mol. The van der Waals surface area contributed by atoms with Crippen molar-refractivity contribution in [2.45, 2.75) is 19.3 Å². The molecule has 0 fully saturated rings. The molecule has 0 radical (unpaired) electrons. The molecule has 0 heterocycles. The van der Waals surface area contributed by atoms with Gasteiger partial charge in [0, 0.05) is 16.5 Å². The Morgan fingerprint density at radius 2 is 2.00 bits per heavy atom. The second-order valence-electron chi connectivity index (χ2n) is 5.20. The van der Waals surface area contributed by atoms with Crippen molar-refractivity contribution >= 4 is 17.4 Å². The van der Waals surface area contributed by atoms with Crippen LogP contribution in [0.2, 0.25) is 5.02 Å². The highest BCUT2D eigenvalue weighted by molar-refractivity contribution is 6.31. The second-order valence-corrected chi connectivity index (χ2v) is 5.60. The van der Waals surface area contributed by atoms with Gasteiger partial charge in [0.05, 0.1) is 0 Å². The summed E-state index contributed by atoms with van der Waals surface area (Å²) >= 11 is 6.05. The number of aryl methyl sites for hydroxylation is 1. The molecule has 0 amide bonds. The predicted octanol–water partition coefficient (Wildman–Crippen LogP) is 4.47. The quantitative estimate of drug-likeness (QED) is 0.797. The van der Waals surface area contributed by atoms with Crippen LogP contribution in [0.5, 0.6) is 0 Å². The van der Waals surface area contributed by atoms with Crippen molar-refractivity contribution in [1.29, 1.82) is 0 Å². The molecule has 2 aromatic rings. The largest absolute Gasteiger partial charge is 0.294 e. The fourth-order valence-electron chi connectivity index (χ4n) is 2.81. The highest BCUT2D eigenvalue weighted by atomic mass is 35.5. The standard InChI is InChI=1S/C17H14ClFO/c18-16-10-14(19)8-7-12(16)9-13-6-5-11-3-1-2-4-15(11)17(13)20/h1-4,7-8,10,13H,5-6,9H2. The van der Waals surface area contributed by atoms with Gasteiger partial charge in [0.15, 0.2) is 5.78 Å². The highest BCUT2D eigenvalue weighted by Gasteiger charge is 2.27. The Hall–Kier alpha value is -1.67. The molecule has 3 rings (SSSR count). The fraction of sp³-hybridized carbons (Fsp3) is 0.235. The molecule has 0 spiro atoms. The van der Waals surface area contributed by atoms with Crippen LogP contribution in [-0.4, -0.2) is 5.78 Å². The summed E-state index contributed by atoms with van der Waals surface area (Å²) in [6.45, 7) is 0. The van der Waals surface area contributed by atoms with Gasteiger partial charge in [0.2, 0.25) is 0 Å². The first-order valence-electron chi connectivity index (χ1n) is 6.71. The number of fused-ring (bicyclic) bond motifs is 1. The molecule has 1 atom stereocenters. The van der Waals surface area contributed by atoms with Gasteiger partial charge in [-0.3, -0.25) is 4.79 Å². The summed E-state index contributed by atoms with van der Waals surface area (Å²) in [5.41, 5.74) is 2.78. The minimum Gasteiger partial charge on any atom is -0.294 e. The third kappa shape index (κ3) is 2.48. The number of carbonyl (C=O) groups is 1. The fourth-order valence-corrected chi connectivity index (χ4v) is 3.05. The molecule has 0 bridgehead atoms. The third-order valence-corrected chi connectivity index (χ3v) is 4.25. The molecule has 1 nitrogen and oxygen atoms in total. The van der Waals surface area contributed by atoms with Crippen molar-refractivity contribution in [3.63, 3.8) is 0 Å². The smallest absolute Gasteiger partial charge is 0.166 e. The predicted molar refractivity (Wildman–Crippen MR) is 77.7 cm³/mol. The number of Topliss-reactive ketones (excluding diaryl/α,β-unsaturated/α-hetero) is 1. The normalized spacial score (nSPS) is 17.9. The van der Waals surface area contributed by atoms with E-state index in [0.717, 1.165) is 29.5 Å². The van der Waals surface area contributed by atoms with Crippen LogP contribution >= 0.6 is 11.6 Å². The SMILES string of the molecule is O=C1c2ccccc2CCC1Cc1ccc(F)cc1Cl. The maximum Gasteiger partial charge on any atom is 0.166 e. The van der Waals surface area contributed by atoms with Gasteiger partial charge in [-0.05, 0) is 42.5 Å². The molecule has 0 saturated heterocycles. The van der Waals surface area contributed by atoms with Crippen molar-refractivity contribution in [3.8, 4) is 0 Å². The van der Waals surface area contributed by atoms with E-state index in [-0.39, 0.29) is 17.5 Å². The number of carbonyl (C=O) groups excluding carboxylic acids is 1. The minimum absolute atomic E-state index is 0.0622. The van der Waals surface area contributed by atoms with E-state index < -0.39 is 0 Å². The van der Waals surface area contributed by atoms with Crippen molar-refractivity contribution < 1.29 is 9.18 Å². The number of hydrogen-bond acceptors (Lipinski definition) is 1. The minimum atomic E-state index is -0.348. The summed E-state index contributed by atoms with van der Waals surface area (Å²) < 4.78 is 13.0. The maximum absolute atomic E-state index is 13.0. The Morgan fingerprint density at radius 1 is 1.20 bits per heavy atom. The lowest BCUT2D eigenvalue weighted by atomic mass is 9.80. The summed E-state index contributed by atoms with van der Waals surface area (Å²) in [7, 11) is 0. The van der Waals surface area contributed by atoms with Gasteiger partial charge >= 0.3 is 0 Å². The van der Waals surface area contributed by atoms with Gasteiger partial charge in [0.25, 0.3) is 0 Å². The Labute approximate surface area is 122 Å². The van der Waals surface area contributed by atoms with E-state index >= 15 is 0 Å². The molecule has 20 heavy (non-hydrogen) atoms. The van der Waals surface area contributed by atoms with Gasteiger partial charge in [-0.1, -0.05) is 41.9 Å². The van der Waals surface area contributed by atoms with E-state index in [1.165, 1.54) is 12.1 Å². The summed E-state index contributed by atoms with van der Waals surface area (Å²) in [6, 6.07) is 12.1. The number of ketones is 1. The molecular formula is C17H14ClFO. The van der Waals surface area contributed by atoms with Gasteiger partial charge in [0.1, 0.15) is 5.82 Å². The van der Waals surface area contributed by atoms with Crippen LogP contribution < -0.4 is 0 Å². The summed E-state index contributed by atoms with van der Waals surface area (Å²) in [4.78, 5) is 12.5. The molecule has 102 valence electrons. The van der Waals surface area contributed by atoms with Gasteiger partial charge in [-0.25, -0.2) is 4.39 Å². The molecule has 1 aliphatic carbocycles. The first-order valence-corrected chi connectivity index (χ1v) is 7.09. The summed E-state index contributed by atoms with van der Waals surface area (Å²) in [5.74, 6) is -0.237. The molecule has 1 unspecified atom stereocenters. The average Bonchev–Trinajstić information content (AvgIpc) is 2.45. The topological polar surface area (TPSA) is 17.1 Å². The molecule has 2 aromatic carbocycles. The van der Waals surface area contributed by atoms with Crippen molar-refractivity contribution in [2.75, 3.05) is 0 Å². The van der Waals surface area contributed by atoms with Crippen LogP contribution in [-0.2, 0) is 12.8 Å². The van der Waals surface area contributed by atoms with E-state index in [1.807, 2.05) is 24.3 Å². The van der Waals surface area contributed by atoms with Crippen LogP contribution in [0.4, 0.5) is 4.39 Å². The zero-order valence-electron chi connectivity index (χ0n) is 10.9. The zero-order valence-corrected chi connectivity index (χ0v) is 11.7. The van der Waals surface area contributed by atoms with E-state index in [0.29, 0.717) is 11.4 Å². The molecule has 0 N–H and O–H groups in total. The zero-order chi connectivity index (χ0) is 14.1. The van der Waals surface area contributed by atoms with Crippen LogP contribution in [0.1, 0.15) is 27.9 Å². The number of rotatable bonds is 2. The lowest BCUT2D eigenvalue weighted by molar-refractivity contribution is 0.0901. The lowest BCUT2D eigenvalue weighted by Crippen LogP contribution is -2.24. The van der Waals surface area contributed by atoms with Gasteiger partial charge in [-0.2, -0.15) is 0 Å². The molecule has 1 aliphatic rings. The van der Waals surface area contributed by atoms with E-state index in [2.05, 4.69) is 0 Å². The van der Waals surface area contributed by atoms with Gasteiger partial charge < -0.3 is 0 Å². The molecule has 0 saturated carbocycles. The highest BCUT2D eigenvalue weighted by Crippen LogP contribution is 2.30. The van der Waals surface area contributed by atoms with E-state index in [9.17, 15) is 9.18 Å². The van der Waals surface area contributed by atoms with E-state index in [4.69, 9.17) is 11.6 Å². The van der Waals surface area contributed by atoms with Crippen LogP contribution in [0.3, 0.4) is 0 Å². The van der Waals surface area contributed by atoms with Crippen LogP contribution in [0.15, 0.2) is 42.5 Å². The number of benzene rings is 2. The van der Waals surface area contributed by atoms with E-state index in [1.54, 1.807) is 6.07 Å². The third-order valence-electron chi connectivity index (χ3n) is 3.90. The monoisotopic (exact) mass is 288 g/mol. The van der Waals surface area contributed by atoms with Crippen LogP contribution in [0.25, 0.3) is 0 Å². The van der Waals surface area contributed by atoms with Crippen molar-refractivity contribution in [3.05, 3.63) is 70.0 Å². The molecular weight excluding hydrogens is 275 g/mol. The number of halogens is 2. The summed E-state index contributed by atoms with van der Waals surface area (Å²) in [6.07, 6.45) is 2.31. The Balaban J connectivity index is 1.85. The second kappa shape index (κ2) is 5.37. The first-order chi connectivity index (χ1) is 9.65. The van der Waals surface area contributed by atoms with Crippen molar-refractivity contribution in [1.82, 2.24) is 0 Å². The number of hydrogen-bond donors (Lipinski definition) is 0. The lowest BCUT2D eigenvalue weighted by Gasteiger charge is -2.23. The van der Waals surface area contributed by atoms with Crippen LogP contribution in [0, 0.1) is 11.7 Å². The Morgan fingerprint density at radius 3 is 2.80 bits per heavy atom. The molecule has 3 heteroatoms. The first kappa shape index (κ1) is 13.3. The Kier molecular flexibility index (Phi) is 3.58. The van der Waals surface area contributed by atoms with Gasteiger partial charge in [-0.15, -0.1) is 0 Å². The van der Waals surface area contributed by atoms with Crippen molar-refractivity contribution in [2.24, 2.45) is 5.92 Å². The molecule has 0 aliphatic heterocycles.